The van der Waals surface area contributed by atoms with E-state index < -0.39 is 0 Å². The number of likely N-dealkylation sites (tertiary alicyclic amines) is 1. The largest absolute Gasteiger partial charge is 0.454 e. The molecule has 0 bridgehead atoms. The van der Waals surface area contributed by atoms with E-state index in [1.807, 2.05) is 41.3 Å². The van der Waals surface area contributed by atoms with Crippen molar-refractivity contribution in [3.8, 4) is 11.5 Å². The minimum Gasteiger partial charge on any atom is -0.454 e. The van der Waals surface area contributed by atoms with Gasteiger partial charge in [0.2, 0.25) is 12.7 Å². The molecule has 0 atom stereocenters. The van der Waals surface area contributed by atoms with E-state index in [4.69, 9.17) is 9.47 Å². The zero-order chi connectivity index (χ0) is 19.2. The second-order valence-electron chi connectivity index (χ2n) is 7.73. The summed E-state index contributed by atoms with van der Waals surface area (Å²) < 4.78 is 10.9. The molecule has 0 aromatic heterocycles. The average molecular weight is 381 g/mol. The summed E-state index contributed by atoms with van der Waals surface area (Å²) in [5.74, 6) is 1.76. The Bertz CT molecular complexity index is 788. The van der Waals surface area contributed by atoms with E-state index in [1.54, 1.807) is 4.90 Å². The lowest BCUT2D eigenvalue weighted by Crippen LogP contribution is -3.12. The number of ether oxygens (including phenoxy) is 2. The van der Waals surface area contributed by atoms with Gasteiger partial charge in [0.1, 0.15) is 0 Å². The minimum atomic E-state index is 0.222. The summed E-state index contributed by atoms with van der Waals surface area (Å²) in [7, 11) is 0. The highest BCUT2D eigenvalue weighted by Crippen LogP contribution is 2.33. The normalized spacial score (nSPS) is 16.1. The molecule has 2 aliphatic rings. The van der Waals surface area contributed by atoms with Crippen LogP contribution in [0.25, 0.3) is 0 Å². The van der Waals surface area contributed by atoms with Crippen molar-refractivity contribution in [2.24, 2.45) is 0 Å². The van der Waals surface area contributed by atoms with E-state index in [-0.39, 0.29) is 12.7 Å². The monoisotopic (exact) mass is 381 g/mol. The number of hydrogen-bond acceptors (Lipinski definition) is 3. The molecule has 5 heteroatoms. The summed E-state index contributed by atoms with van der Waals surface area (Å²) in [5, 5.41) is 0. The molecule has 0 aliphatic carbocycles. The minimum absolute atomic E-state index is 0.222. The van der Waals surface area contributed by atoms with Crippen molar-refractivity contribution in [3.63, 3.8) is 0 Å². The fourth-order valence-corrected chi connectivity index (χ4v) is 4.04. The molecular weight excluding hydrogens is 352 g/mol. The van der Waals surface area contributed by atoms with Crippen LogP contribution < -0.4 is 14.4 Å². The lowest BCUT2D eigenvalue weighted by molar-refractivity contribution is -0.904. The van der Waals surface area contributed by atoms with Crippen molar-refractivity contribution in [3.05, 3.63) is 59.7 Å². The highest BCUT2D eigenvalue weighted by Gasteiger charge is 2.20. The van der Waals surface area contributed by atoms with Crippen LogP contribution in [0.1, 0.15) is 36.8 Å². The van der Waals surface area contributed by atoms with E-state index in [0.717, 1.165) is 29.2 Å². The molecule has 1 amide bonds. The Kier molecular flexibility index (Phi) is 6.12. The Balaban J connectivity index is 1.44. The molecule has 1 saturated heterocycles. The van der Waals surface area contributed by atoms with Crippen molar-refractivity contribution in [2.75, 3.05) is 26.4 Å². The van der Waals surface area contributed by atoms with Gasteiger partial charge in [-0.25, -0.2) is 0 Å². The van der Waals surface area contributed by atoms with Crippen molar-refractivity contribution in [1.82, 2.24) is 4.90 Å². The average Bonchev–Trinajstić information content (AvgIpc) is 3.21. The number of amides is 1. The maximum atomic E-state index is 13.1. The molecule has 2 aromatic carbocycles. The molecule has 28 heavy (non-hydrogen) atoms. The molecule has 1 N–H and O–H groups in total. The fraction of sp³-hybridized carbons (Fsp3) is 0.435. The van der Waals surface area contributed by atoms with E-state index in [0.29, 0.717) is 19.5 Å². The summed E-state index contributed by atoms with van der Waals surface area (Å²) in [4.78, 5) is 16.6. The smallest absolute Gasteiger partial charge is 0.231 e. The van der Waals surface area contributed by atoms with Gasteiger partial charge >= 0.3 is 0 Å². The molecule has 0 unspecified atom stereocenters. The van der Waals surface area contributed by atoms with Gasteiger partial charge in [-0.2, -0.15) is 0 Å². The van der Waals surface area contributed by atoms with Crippen LogP contribution in [0.3, 0.4) is 0 Å². The van der Waals surface area contributed by atoms with Gasteiger partial charge in [0.15, 0.2) is 11.5 Å². The molecule has 2 aliphatic heterocycles. The Hall–Kier alpha value is -2.53. The number of hydrogen-bond donors (Lipinski definition) is 1. The number of carbonyl (C=O) groups excluding carboxylic acids is 1. The molecule has 0 spiro atoms. The second kappa shape index (κ2) is 9.11. The van der Waals surface area contributed by atoms with Gasteiger partial charge in [-0.1, -0.05) is 36.4 Å². The molecule has 2 aromatic rings. The lowest BCUT2D eigenvalue weighted by Gasteiger charge is -2.26. The van der Waals surface area contributed by atoms with Crippen LogP contribution in [0.4, 0.5) is 0 Å². The molecule has 0 saturated carbocycles. The van der Waals surface area contributed by atoms with E-state index >= 15 is 0 Å². The quantitative estimate of drug-likeness (QED) is 0.801. The van der Waals surface area contributed by atoms with Gasteiger partial charge in [-0.15, -0.1) is 0 Å². The third-order valence-electron chi connectivity index (χ3n) is 5.63. The van der Waals surface area contributed by atoms with Gasteiger partial charge in [-0.3, -0.25) is 4.79 Å². The highest BCUT2D eigenvalue weighted by molar-refractivity contribution is 5.76. The Morgan fingerprint density at radius 3 is 2.46 bits per heavy atom. The Morgan fingerprint density at radius 2 is 1.64 bits per heavy atom. The molecule has 1 fully saturated rings. The zero-order valence-electron chi connectivity index (χ0n) is 16.4. The van der Waals surface area contributed by atoms with E-state index in [2.05, 4.69) is 12.1 Å². The Morgan fingerprint density at radius 1 is 0.893 bits per heavy atom. The third kappa shape index (κ3) is 4.84. The predicted molar refractivity (Wildman–Crippen MR) is 107 cm³/mol. The summed E-state index contributed by atoms with van der Waals surface area (Å²) in [5.41, 5.74) is 2.22. The number of quaternary nitrogens is 1. The number of nitrogens with zero attached hydrogens (tertiary/aromatic N) is 1. The maximum absolute atomic E-state index is 13.1. The predicted octanol–water partition coefficient (Wildman–Crippen LogP) is 2.40. The SMILES string of the molecule is O=C(CC[NH+]1CCCCC1)N(Cc1ccccc1)Cc1ccc2c(c1)OCO2. The fourth-order valence-electron chi connectivity index (χ4n) is 4.04. The molecule has 4 rings (SSSR count). The van der Waals surface area contributed by atoms with Crippen LogP contribution in [0.5, 0.6) is 11.5 Å². The first-order chi connectivity index (χ1) is 13.8. The summed E-state index contributed by atoms with van der Waals surface area (Å²) in [6.45, 7) is 4.82. The first-order valence-corrected chi connectivity index (χ1v) is 10.3. The lowest BCUT2D eigenvalue weighted by atomic mass is 10.1. The second-order valence-corrected chi connectivity index (χ2v) is 7.73. The standard InChI is InChI=1S/C23H28N2O3/c26-23(11-14-24-12-5-2-6-13-24)25(16-19-7-3-1-4-8-19)17-20-9-10-21-22(15-20)28-18-27-21/h1,3-4,7-10,15H,2,5-6,11-14,16-18H2/p+1. The number of benzene rings is 2. The van der Waals surface area contributed by atoms with Crippen molar-refractivity contribution < 1.29 is 19.2 Å². The first-order valence-electron chi connectivity index (χ1n) is 10.3. The van der Waals surface area contributed by atoms with Crippen LogP contribution in [-0.4, -0.2) is 37.2 Å². The third-order valence-corrected chi connectivity index (χ3v) is 5.63. The summed E-state index contributed by atoms with van der Waals surface area (Å²) in [6, 6.07) is 16.2. The highest BCUT2D eigenvalue weighted by atomic mass is 16.7. The molecule has 0 radical (unpaired) electrons. The van der Waals surface area contributed by atoms with Crippen LogP contribution in [0, 0.1) is 0 Å². The topological polar surface area (TPSA) is 43.2 Å². The summed E-state index contributed by atoms with van der Waals surface area (Å²) >= 11 is 0. The van der Waals surface area contributed by atoms with Gasteiger partial charge < -0.3 is 19.3 Å². The van der Waals surface area contributed by atoms with Crippen molar-refractivity contribution in [1.29, 1.82) is 0 Å². The van der Waals surface area contributed by atoms with E-state index in [9.17, 15) is 4.79 Å². The molecule has 5 nitrogen and oxygen atoms in total. The van der Waals surface area contributed by atoms with Crippen LogP contribution in [0.2, 0.25) is 0 Å². The number of rotatable bonds is 7. The van der Waals surface area contributed by atoms with Gasteiger partial charge in [0.25, 0.3) is 0 Å². The number of fused-ring (bicyclic) bond motifs is 1. The summed E-state index contributed by atoms with van der Waals surface area (Å²) in [6.07, 6.45) is 4.51. The van der Waals surface area contributed by atoms with Crippen molar-refractivity contribution in [2.45, 2.75) is 38.8 Å². The van der Waals surface area contributed by atoms with Gasteiger partial charge in [-0.05, 0) is 42.5 Å². The van der Waals surface area contributed by atoms with Gasteiger partial charge in [0.05, 0.1) is 26.1 Å². The zero-order valence-corrected chi connectivity index (χ0v) is 16.4. The first kappa shape index (κ1) is 18.8. The number of carbonyl (C=O) groups is 1. The molecular formula is C23H29N2O3+. The van der Waals surface area contributed by atoms with Crippen LogP contribution in [0.15, 0.2) is 48.5 Å². The Labute approximate surface area is 166 Å². The number of piperidine rings is 1. The van der Waals surface area contributed by atoms with Crippen molar-refractivity contribution >= 4 is 5.91 Å². The molecule has 148 valence electrons. The van der Waals surface area contributed by atoms with Gasteiger partial charge in [0, 0.05) is 13.1 Å². The van der Waals surface area contributed by atoms with E-state index in [1.165, 1.54) is 32.4 Å². The van der Waals surface area contributed by atoms with Crippen LogP contribution in [-0.2, 0) is 17.9 Å². The molecule has 2 heterocycles. The maximum Gasteiger partial charge on any atom is 0.231 e. The number of nitrogens with one attached hydrogen (secondary N) is 1. The van der Waals surface area contributed by atoms with Crippen LogP contribution >= 0.6 is 0 Å².